The van der Waals surface area contributed by atoms with Gasteiger partial charge in [-0.05, 0) is 35.9 Å². The fraction of sp³-hybridized carbons (Fsp3) is 0.154. The van der Waals surface area contributed by atoms with Gasteiger partial charge < -0.3 is 15.6 Å². The molecule has 88 valence electrons. The van der Waals surface area contributed by atoms with Crippen LogP contribution < -0.4 is 10.5 Å². The molecule has 0 saturated carbocycles. The number of nitrogens with zero attached hydrogens (tertiary/aromatic N) is 1. The lowest BCUT2D eigenvalue weighted by atomic mass is 10.2. The van der Waals surface area contributed by atoms with Gasteiger partial charge >= 0.3 is 0 Å². The second kappa shape index (κ2) is 5.32. The third kappa shape index (κ3) is 2.95. The zero-order valence-electron chi connectivity index (χ0n) is 9.34. The smallest absolute Gasteiger partial charge is 0.131 e. The highest BCUT2D eigenvalue weighted by atomic mass is 16.5. The van der Waals surface area contributed by atoms with Crippen molar-refractivity contribution in [3.8, 4) is 11.5 Å². The summed E-state index contributed by atoms with van der Waals surface area (Å²) in [6.07, 6.45) is 1.72. The average Bonchev–Trinajstić information content (AvgIpc) is 2.38. The Hall–Kier alpha value is -2.07. The van der Waals surface area contributed by atoms with Gasteiger partial charge in [-0.1, -0.05) is 6.07 Å². The first-order valence-corrected chi connectivity index (χ1v) is 5.34. The maximum atomic E-state index is 9.14. The van der Waals surface area contributed by atoms with Gasteiger partial charge in [-0.2, -0.15) is 0 Å². The Labute approximate surface area is 99.7 Å². The summed E-state index contributed by atoms with van der Waals surface area (Å²) in [6, 6.07) is 10.4. The summed E-state index contributed by atoms with van der Waals surface area (Å²) in [5.41, 5.74) is 7.43. The Kier molecular flexibility index (Phi) is 3.57. The first-order valence-electron chi connectivity index (χ1n) is 5.34. The number of benzene rings is 1. The Balaban J connectivity index is 2.04. The standard InChI is InChI=1S/C13H14N2O2/c14-8-10-2-1-7-15-13(10)9-17-12-5-3-11(16)4-6-12/h1-7,16H,8-9,14H2. The number of hydrogen-bond acceptors (Lipinski definition) is 4. The van der Waals surface area contributed by atoms with Gasteiger partial charge in [0.05, 0.1) is 5.69 Å². The molecule has 0 spiro atoms. The third-order valence-electron chi connectivity index (χ3n) is 2.42. The molecule has 1 heterocycles. The number of phenolic OH excluding ortho intramolecular Hbond substituents is 1. The molecular formula is C13H14N2O2. The molecule has 0 unspecified atom stereocenters. The first kappa shape index (κ1) is 11.4. The topological polar surface area (TPSA) is 68.4 Å². The molecule has 0 saturated heterocycles. The van der Waals surface area contributed by atoms with Gasteiger partial charge in [-0.3, -0.25) is 4.98 Å². The monoisotopic (exact) mass is 230 g/mol. The van der Waals surface area contributed by atoms with E-state index in [1.807, 2.05) is 12.1 Å². The summed E-state index contributed by atoms with van der Waals surface area (Å²) >= 11 is 0. The van der Waals surface area contributed by atoms with Crippen LogP contribution in [0.1, 0.15) is 11.3 Å². The van der Waals surface area contributed by atoms with Crippen LogP contribution in [0, 0.1) is 0 Å². The van der Waals surface area contributed by atoms with Crippen LogP contribution in [0.25, 0.3) is 0 Å². The summed E-state index contributed by atoms with van der Waals surface area (Å²) < 4.78 is 5.56. The number of ether oxygens (including phenoxy) is 1. The molecule has 0 fully saturated rings. The zero-order chi connectivity index (χ0) is 12.1. The SMILES string of the molecule is NCc1cccnc1COc1ccc(O)cc1. The van der Waals surface area contributed by atoms with E-state index >= 15 is 0 Å². The van der Waals surface area contributed by atoms with Crippen LogP contribution >= 0.6 is 0 Å². The molecule has 0 bridgehead atoms. The maximum absolute atomic E-state index is 9.14. The predicted molar refractivity (Wildman–Crippen MR) is 64.6 cm³/mol. The summed E-state index contributed by atoms with van der Waals surface area (Å²) in [5, 5.41) is 9.14. The molecule has 4 nitrogen and oxygen atoms in total. The van der Waals surface area contributed by atoms with Crippen molar-refractivity contribution in [1.29, 1.82) is 0 Å². The molecule has 17 heavy (non-hydrogen) atoms. The quantitative estimate of drug-likeness (QED) is 0.840. The van der Waals surface area contributed by atoms with Gasteiger partial charge in [0.1, 0.15) is 18.1 Å². The van der Waals surface area contributed by atoms with E-state index in [9.17, 15) is 0 Å². The highest BCUT2D eigenvalue weighted by Crippen LogP contribution is 2.17. The Morgan fingerprint density at radius 3 is 2.65 bits per heavy atom. The van der Waals surface area contributed by atoms with Gasteiger partial charge in [-0.25, -0.2) is 0 Å². The molecule has 0 aliphatic heterocycles. The van der Waals surface area contributed by atoms with E-state index in [0.29, 0.717) is 18.9 Å². The minimum absolute atomic E-state index is 0.220. The van der Waals surface area contributed by atoms with Gasteiger partial charge in [-0.15, -0.1) is 0 Å². The number of aromatic hydroxyl groups is 1. The number of nitrogens with two attached hydrogens (primary N) is 1. The maximum Gasteiger partial charge on any atom is 0.131 e. The molecular weight excluding hydrogens is 216 g/mol. The number of rotatable bonds is 4. The molecule has 1 aromatic carbocycles. The van der Waals surface area contributed by atoms with Crippen molar-refractivity contribution in [2.75, 3.05) is 0 Å². The highest BCUT2D eigenvalue weighted by Gasteiger charge is 2.02. The third-order valence-corrected chi connectivity index (χ3v) is 2.42. The van der Waals surface area contributed by atoms with E-state index in [1.54, 1.807) is 30.5 Å². The van der Waals surface area contributed by atoms with Crippen LogP contribution in [-0.4, -0.2) is 10.1 Å². The van der Waals surface area contributed by atoms with Crippen molar-refractivity contribution in [3.63, 3.8) is 0 Å². The molecule has 3 N–H and O–H groups in total. The predicted octanol–water partition coefficient (Wildman–Crippen LogP) is 1.82. The number of hydrogen-bond donors (Lipinski definition) is 2. The highest BCUT2D eigenvalue weighted by molar-refractivity contribution is 5.30. The van der Waals surface area contributed by atoms with E-state index in [4.69, 9.17) is 15.6 Å². The number of pyridine rings is 1. The molecule has 0 aliphatic carbocycles. The lowest BCUT2D eigenvalue weighted by Gasteiger charge is -2.08. The Bertz CT molecular complexity index is 483. The van der Waals surface area contributed by atoms with Crippen molar-refractivity contribution in [3.05, 3.63) is 53.9 Å². The molecule has 4 heteroatoms. The number of phenols is 1. The van der Waals surface area contributed by atoms with Crippen molar-refractivity contribution in [2.45, 2.75) is 13.2 Å². The normalized spacial score (nSPS) is 10.2. The van der Waals surface area contributed by atoms with Crippen molar-refractivity contribution in [1.82, 2.24) is 4.98 Å². The van der Waals surface area contributed by atoms with Crippen molar-refractivity contribution >= 4 is 0 Å². The zero-order valence-corrected chi connectivity index (χ0v) is 9.34. The van der Waals surface area contributed by atoms with Crippen LogP contribution in [0.5, 0.6) is 11.5 Å². The van der Waals surface area contributed by atoms with Crippen LogP contribution in [0.4, 0.5) is 0 Å². The minimum atomic E-state index is 0.220. The van der Waals surface area contributed by atoms with E-state index in [0.717, 1.165) is 11.3 Å². The molecule has 0 amide bonds. The minimum Gasteiger partial charge on any atom is -0.508 e. The van der Waals surface area contributed by atoms with E-state index in [2.05, 4.69) is 4.98 Å². The summed E-state index contributed by atoms with van der Waals surface area (Å²) in [7, 11) is 0. The second-order valence-electron chi connectivity index (χ2n) is 3.60. The largest absolute Gasteiger partial charge is 0.508 e. The van der Waals surface area contributed by atoms with Gasteiger partial charge in [0, 0.05) is 12.7 Å². The fourth-order valence-corrected chi connectivity index (χ4v) is 1.48. The average molecular weight is 230 g/mol. The van der Waals surface area contributed by atoms with Crippen molar-refractivity contribution < 1.29 is 9.84 Å². The fourth-order valence-electron chi connectivity index (χ4n) is 1.48. The van der Waals surface area contributed by atoms with Crippen molar-refractivity contribution in [2.24, 2.45) is 5.73 Å². The number of aromatic nitrogens is 1. The van der Waals surface area contributed by atoms with E-state index in [-0.39, 0.29) is 5.75 Å². The van der Waals surface area contributed by atoms with Crippen LogP contribution in [-0.2, 0) is 13.2 Å². The van der Waals surface area contributed by atoms with E-state index in [1.165, 1.54) is 0 Å². The summed E-state index contributed by atoms with van der Waals surface area (Å²) in [6.45, 7) is 0.820. The van der Waals surface area contributed by atoms with Crippen LogP contribution in [0.2, 0.25) is 0 Å². The molecule has 0 aliphatic rings. The molecule has 1 aromatic heterocycles. The lowest BCUT2D eigenvalue weighted by molar-refractivity contribution is 0.299. The van der Waals surface area contributed by atoms with Gasteiger partial charge in [0.15, 0.2) is 0 Å². The second-order valence-corrected chi connectivity index (χ2v) is 3.60. The lowest BCUT2D eigenvalue weighted by Crippen LogP contribution is -2.06. The molecule has 0 radical (unpaired) electrons. The molecule has 2 rings (SSSR count). The molecule has 0 atom stereocenters. The van der Waals surface area contributed by atoms with Crippen LogP contribution in [0.15, 0.2) is 42.6 Å². The Morgan fingerprint density at radius 2 is 1.94 bits per heavy atom. The van der Waals surface area contributed by atoms with Gasteiger partial charge in [0.2, 0.25) is 0 Å². The van der Waals surface area contributed by atoms with Crippen LogP contribution in [0.3, 0.4) is 0 Å². The van der Waals surface area contributed by atoms with E-state index < -0.39 is 0 Å². The molecule has 2 aromatic rings. The Morgan fingerprint density at radius 1 is 1.18 bits per heavy atom. The summed E-state index contributed by atoms with van der Waals surface area (Å²) in [5.74, 6) is 0.911. The summed E-state index contributed by atoms with van der Waals surface area (Å²) in [4.78, 5) is 4.23. The first-order chi connectivity index (χ1) is 8.29. The van der Waals surface area contributed by atoms with Gasteiger partial charge in [0.25, 0.3) is 0 Å².